The molecule has 2 aliphatic heterocycles. The number of thioether (sulfide) groups is 2. The zero-order chi connectivity index (χ0) is 29.4. The molecule has 6 heteroatoms. The van der Waals surface area contributed by atoms with E-state index in [0.717, 1.165) is 25.9 Å². The molecule has 4 nitrogen and oxygen atoms in total. The highest BCUT2D eigenvalue weighted by Crippen LogP contribution is 2.46. The Balaban J connectivity index is 1.08. The Morgan fingerprint density at radius 2 is 0.929 bits per heavy atom. The molecule has 0 saturated heterocycles. The molecule has 4 aromatic rings. The van der Waals surface area contributed by atoms with E-state index < -0.39 is 0 Å². The highest BCUT2D eigenvalue weighted by atomic mass is 32.2. The highest BCUT2D eigenvalue weighted by Gasteiger charge is 2.23. The number of aryl methyl sites for hydroxylation is 4. The van der Waals surface area contributed by atoms with E-state index in [9.17, 15) is 0 Å². The topological polar surface area (TPSA) is 14.2 Å². The maximum Gasteiger partial charge on any atom is 0.179 e. The van der Waals surface area contributed by atoms with Crippen LogP contribution in [0.4, 0.5) is 11.4 Å². The van der Waals surface area contributed by atoms with Crippen molar-refractivity contribution in [2.45, 2.75) is 63.4 Å². The molecule has 2 aromatic carbocycles. The van der Waals surface area contributed by atoms with Crippen molar-refractivity contribution in [1.82, 2.24) is 0 Å². The van der Waals surface area contributed by atoms with Gasteiger partial charge in [-0.1, -0.05) is 47.8 Å². The van der Waals surface area contributed by atoms with Gasteiger partial charge in [0.25, 0.3) is 0 Å². The monoisotopic (exact) mass is 592 g/mol. The van der Waals surface area contributed by atoms with Gasteiger partial charge >= 0.3 is 0 Å². The van der Waals surface area contributed by atoms with E-state index >= 15 is 0 Å². The second kappa shape index (κ2) is 12.0. The molecule has 0 radical (unpaired) electrons. The number of fused-ring (bicyclic) bond motifs is 2. The van der Waals surface area contributed by atoms with Gasteiger partial charge in [-0.3, -0.25) is 0 Å². The quantitative estimate of drug-likeness (QED) is 0.159. The predicted octanol–water partition coefficient (Wildman–Crippen LogP) is 8.06. The maximum atomic E-state index is 2.47. The summed E-state index contributed by atoms with van der Waals surface area (Å²) in [6.45, 7) is 11.0. The van der Waals surface area contributed by atoms with E-state index in [-0.39, 0.29) is 0 Å². The summed E-state index contributed by atoms with van der Waals surface area (Å²) >= 11 is 3.70. The molecule has 6 rings (SSSR count). The third-order valence-electron chi connectivity index (χ3n) is 8.34. The van der Waals surface area contributed by atoms with Crippen LogP contribution in [-0.4, -0.2) is 14.1 Å². The molecule has 0 amide bonds. The Hall–Kier alpha value is -3.48. The van der Waals surface area contributed by atoms with Crippen molar-refractivity contribution in [1.29, 1.82) is 0 Å². The minimum atomic E-state index is 1.04. The summed E-state index contributed by atoms with van der Waals surface area (Å²) in [4.78, 5) is 7.24. The molecule has 214 valence electrons. The number of anilines is 2. The normalized spacial score (nSPS) is 16.0. The van der Waals surface area contributed by atoms with Gasteiger partial charge in [0.2, 0.25) is 0 Å². The third-order valence-corrected chi connectivity index (χ3v) is 10.7. The summed E-state index contributed by atoms with van der Waals surface area (Å²) in [5.74, 6) is 0. The number of rotatable bonds is 7. The number of hydrogen-bond donors (Lipinski definition) is 0. The fourth-order valence-electron chi connectivity index (χ4n) is 6.11. The van der Waals surface area contributed by atoms with Crippen LogP contribution in [0, 0.1) is 27.7 Å². The molecule has 0 saturated carbocycles. The molecule has 42 heavy (non-hydrogen) atoms. The number of pyridine rings is 2. The number of aromatic nitrogens is 2. The zero-order valence-corrected chi connectivity index (χ0v) is 27.1. The van der Waals surface area contributed by atoms with Crippen molar-refractivity contribution in [3.63, 3.8) is 0 Å². The second-order valence-electron chi connectivity index (χ2n) is 11.4. The number of nitrogens with zero attached hydrogens (tertiary/aromatic N) is 4. The van der Waals surface area contributed by atoms with Gasteiger partial charge in [0.15, 0.2) is 22.8 Å². The summed E-state index contributed by atoms with van der Waals surface area (Å²) in [7, 11) is 4.32. The molecule has 2 aromatic heterocycles. The SMILES string of the molecule is Cc1cc(C=C2Sc3ccccc3N2C)cc(C)[n+]1CCCC[n+]1c(C)cc(C=C2Sc3ccccc3N2C)cc1C. The molecule has 0 bridgehead atoms. The molecule has 0 N–H and O–H groups in total. The maximum absolute atomic E-state index is 2.47. The average molecular weight is 593 g/mol. The minimum Gasteiger partial charge on any atom is -0.338 e. The van der Waals surface area contributed by atoms with Crippen molar-refractivity contribution >= 4 is 47.1 Å². The number of hydrogen-bond acceptors (Lipinski definition) is 4. The van der Waals surface area contributed by atoms with Crippen LogP contribution in [0.5, 0.6) is 0 Å². The van der Waals surface area contributed by atoms with Crippen molar-refractivity contribution in [2.24, 2.45) is 0 Å². The fraction of sp³-hybridized carbons (Fsp3) is 0.278. The van der Waals surface area contributed by atoms with Gasteiger partial charge in [0.1, 0.15) is 13.1 Å². The zero-order valence-electron chi connectivity index (χ0n) is 25.5. The van der Waals surface area contributed by atoms with Crippen molar-refractivity contribution in [3.8, 4) is 0 Å². The van der Waals surface area contributed by atoms with Crippen LogP contribution < -0.4 is 18.9 Å². The lowest BCUT2D eigenvalue weighted by Gasteiger charge is -2.13. The third kappa shape index (κ3) is 5.75. The van der Waals surface area contributed by atoms with Crippen LogP contribution in [0.15, 0.2) is 92.6 Å². The van der Waals surface area contributed by atoms with Crippen molar-refractivity contribution in [2.75, 3.05) is 23.9 Å². The van der Waals surface area contributed by atoms with E-state index in [4.69, 9.17) is 0 Å². The van der Waals surface area contributed by atoms with E-state index in [2.05, 4.69) is 146 Å². The summed E-state index contributed by atoms with van der Waals surface area (Å²) in [6.07, 6.45) is 6.94. The molecule has 0 atom stereocenters. The first kappa shape index (κ1) is 28.6. The van der Waals surface area contributed by atoms with Crippen molar-refractivity contribution in [3.05, 3.63) is 117 Å². The minimum absolute atomic E-state index is 1.04. The Bertz CT molecular complexity index is 1550. The molecular formula is C36H40N4S2+2. The number of benzene rings is 2. The van der Waals surface area contributed by atoms with Gasteiger partial charge in [0.05, 0.1) is 21.4 Å². The number of para-hydroxylation sites is 2. The Labute approximate surface area is 259 Å². The van der Waals surface area contributed by atoms with Crippen LogP contribution in [0.1, 0.15) is 46.7 Å². The molecule has 0 spiro atoms. The van der Waals surface area contributed by atoms with E-state index in [0.29, 0.717) is 0 Å². The van der Waals surface area contributed by atoms with Gasteiger partial charge in [0, 0.05) is 88.7 Å². The first-order valence-electron chi connectivity index (χ1n) is 14.8. The Morgan fingerprint density at radius 1 is 0.571 bits per heavy atom. The summed E-state index contributed by atoms with van der Waals surface area (Å²) in [5, 5.41) is 2.55. The molecule has 4 heterocycles. The van der Waals surface area contributed by atoms with Gasteiger partial charge < -0.3 is 9.80 Å². The predicted molar refractivity (Wildman–Crippen MR) is 179 cm³/mol. The standard InChI is InChI=1S/C36H40N4S2/c1-25-19-29(23-35-37(5)31-13-7-9-15-33(31)41-35)20-26(2)39(25)17-11-12-18-40-27(3)21-30(22-28(40)4)24-36-38(6)32-14-8-10-16-34(32)42-36/h7-10,13-16,19-24H,11-12,17-18H2,1-6H3/q+2. The van der Waals surface area contributed by atoms with Crippen LogP contribution >= 0.6 is 23.5 Å². The summed E-state index contributed by atoms with van der Waals surface area (Å²) in [5.41, 5.74) is 10.4. The summed E-state index contributed by atoms with van der Waals surface area (Å²) < 4.78 is 4.94. The van der Waals surface area contributed by atoms with Crippen LogP contribution in [0.2, 0.25) is 0 Å². The fourth-order valence-corrected chi connectivity index (χ4v) is 8.33. The molecule has 0 fully saturated rings. The molecule has 0 aliphatic carbocycles. The first-order chi connectivity index (χ1) is 20.3. The first-order valence-corrected chi connectivity index (χ1v) is 16.4. The van der Waals surface area contributed by atoms with Gasteiger partial charge in [-0.2, -0.15) is 0 Å². The lowest BCUT2D eigenvalue weighted by atomic mass is 10.1. The number of unbranched alkanes of at least 4 members (excludes halogenated alkanes) is 1. The van der Waals surface area contributed by atoms with Crippen molar-refractivity contribution < 1.29 is 9.13 Å². The van der Waals surface area contributed by atoms with Crippen LogP contribution in [0.3, 0.4) is 0 Å². The lowest BCUT2D eigenvalue weighted by molar-refractivity contribution is -0.719. The summed E-state index contributed by atoms with van der Waals surface area (Å²) in [6, 6.07) is 26.6. The Kier molecular flexibility index (Phi) is 8.19. The average Bonchev–Trinajstić information content (AvgIpc) is 3.44. The van der Waals surface area contributed by atoms with E-state index in [1.807, 2.05) is 23.5 Å². The largest absolute Gasteiger partial charge is 0.338 e. The molecule has 0 unspecified atom stereocenters. The highest BCUT2D eigenvalue weighted by molar-refractivity contribution is 8.04. The van der Waals surface area contributed by atoms with E-state index in [1.54, 1.807) is 0 Å². The molecular weight excluding hydrogens is 553 g/mol. The molecule has 2 aliphatic rings. The Morgan fingerprint density at radius 3 is 1.29 bits per heavy atom. The van der Waals surface area contributed by atoms with E-state index in [1.165, 1.54) is 65.1 Å². The van der Waals surface area contributed by atoms with Crippen LogP contribution in [-0.2, 0) is 13.1 Å². The van der Waals surface area contributed by atoms with Gasteiger partial charge in [-0.15, -0.1) is 0 Å². The van der Waals surface area contributed by atoms with Gasteiger partial charge in [-0.25, -0.2) is 9.13 Å². The second-order valence-corrected chi connectivity index (χ2v) is 13.5. The van der Waals surface area contributed by atoms with Gasteiger partial charge in [-0.05, 0) is 47.5 Å². The lowest BCUT2D eigenvalue weighted by Crippen LogP contribution is -2.42. The smallest absolute Gasteiger partial charge is 0.179 e. The van der Waals surface area contributed by atoms with Crippen LogP contribution in [0.25, 0.3) is 12.2 Å².